The van der Waals surface area contributed by atoms with Gasteiger partial charge in [0.2, 0.25) is 5.91 Å². The van der Waals surface area contributed by atoms with Crippen LogP contribution in [0.3, 0.4) is 0 Å². The fourth-order valence-electron chi connectivity index (χ4n) is 3.85. The van der Waals surface area contributed by atoms with Gasteiger partial charge in [0.1, 0.15) is 11.5 Å². The van der Waals surface area contributed by atoms with Crippen molar-refractivity contribution < 1.29 is 14.3 Å². The van der Waals surface area contributed by atoms with E-state index < -0.39 is 0 Å². The SMILES string of the molecule is COc1ccc([C@H]2CC(=O)N3CN(c4ccc(C)cc4)CSC3=C2C#N)c(OC)c1. The molecule has 2 aliphatic heterocycles. The molecule has 0 unspecified atom stereocenters. The molecular formula is C23H23N3O3S. The second kappa shape index (κ2) is 8.33. The summed E-state index contributed by atoms with van der Waals surface area (Å²) in [7, 11) is 3.18. The largest absolute Gasteiger partial charge is 0.497 e. The van der Waals surface area contributed by atoms with Gasteiger partial charge in [-0.05, 0) is 25.1 Å². The Morgan fingerprint density at radius 3 is 2.57 bits per heavy atom. The van der Waals surface area contributed by atoms with Crippen molar-refractivity contribution in [1.82, 2.24) is 4.90 Å². The number of carbonyl (C=O) groups is 1. The fourth-order valence-corrected chi connectivity index (χ4v) is 5.02. The minimum absolute atomic E-state index is 0.0104. The van der Waals surface area contributed by atoms with Crippen LogP contribution in [0.2, 0.25) is 0 Å². The third-order valence-corrected chi connectivity index (χ3v) is 6.66. The lowest BCUT2D eigenvalue weighted by atomic mass is 9.86. The molecular weight excluding hydrogens is 398 g/mol. The smallest absolute Gasteiger partial charge is 0.229 e. The topological polar surface area (TPSA) is 65.8 Å². The first-order chi connectivity index (χ1) is 14.5. The van der Waals surface area contributed by atoms with E-state index in [-0.39, 0.29) is 18.2 Å². The van der Waals surface area contributed by atoms with E-state index in [9.17, 15) is 10.1 Å². The maximum absolute atomic E-state index is 13.1. The molecule has 0 N–H and O–H groups in total. The van der Waals surface area contributed by atoms with Crippen molar-refractivity contribution in [2.75, 3.05) is 31.7 Å². The molecule has 0 saturated carbocycles. The number of carbonyl (C=O) groups excluding carboxylic acids is 1. The molecule has 0 aliphatic carbocycles. The Morgan fingerprint density at radius 1 is 1.13 bits per heavy atom. The zero-order chi connectivity index (χ0) is 21.3. The Hall–Kier alpha value is -3.11. The predicted octanol–water partition coefficient (Wildman–Crippen LogP) is 4.23. The molecule has 2 aromatic rings. The first-order valence-electron chi connectivity index (χ1n) is 9.66. The van der Waals surface area contributed by atoms with Crippen molar-refractivity contribution in [3.63, 3.8) is 0 Å². The van der Waals surface area contributed by atoms with Crippen molar-refractivity contribution >= 4 is 23.4 Å². The molecule has 2 heterocycles. The highest BCUT2D eigenvalue weighted by molar-refractivity contribution is 8.03. The van der Waals surface area contributed by atoms with Gasteiger partial charge in [0.05, 0.1) is 43.4 Å². The molecule has 0 bridgehead atoms. The predicted molar refractivity (Wildman–Crippen MR) is 117 cm³/mol. The molecule has 4 rings (SSSR count). The van der Waals surface area contributed by atoms with Crippen molar-refractivity contribution in [1.29, 1.82) is 5.26 Å². The molecule has 1 saturated heterocycles. The van der Waals surface area contributed by atoms with Crippen LogP contribution in [0.15, 0.2) is 53.1 Å². The second-order valence-electron chi connectivity index (χ2n) is 7.31. The Kier molecular flexibility index (Phi) is 5.60. The lowest BCUT2D eigenvalue weighted by molar-refractivity contribution is -0.129. The lowest BCUT2D eigenvalue weighted by Crippen LogP contribution is -2.47. The van der Waals surface area contributed by atoms with E-state index >= 15 is 0 Å². The van der Waals surface area contributed by atoms with Gasteiger partial charge < -0.3 is 14.4 Å². The van der Waals surface area contributed by atoms with E-state index in [1.807, 2.05) is 12.1 Å². The summed E-state index contributed by atoms with van der Waals surface area (Å²) in [6.07, 6.45) is 0.234. The average Bonchev–Trinajstić information content (AvgIpc) is 2.79. The first-order valence-corrected chi connectivity index (χ1v) is 10.6. The molecule has 30 heavy (non-hydrogen) atoms. The lowest BCUT2D eigenvalue weighted by Gasteiger charge is -2.42. The zero-order valence-corrected chi connectivity index (χ0v) is 18.0. The van der Waals surface area contributed by atoms with E-state index in [2.05, 4.69) is 42.2 Å². The maximum Gasteiger partial charge on any atom is 0.229 e. The third kappa shape index (κ3) is 3.59. The summed E-state index contributed by atoms with van der Waals surface area (Å²) >= 11 is 1.53. The second-order valence-corrected chi connectivity index (χ2v) is 8.24. The summed E-state index contributed by atoms with van der Waals surface area (Å²) in [5.41, 5.74) is 3.71. The summed E-state index contributed by atoms with van der Waals surface area (Å²) < 4.78 is 10.8. The van der Waals surface area contributed by atoms with Crippen LogP contribution in [-0.2, 0) is 4.79 Å². The minimum Gasteiger partial charge on any atom is -0.497 e. The number of amides is 1. The molecule has 7 heteroatoms. The van der Waals surface area contributed by atoms with Crippen LogP contribution in [0, 0.1) is 18.3 Å². The summed E-state index contributed by atoms with van der Waals surface area (Å²) in [6.45, 7) is 2.50. The highest BCUT2D eigenvalue weighted by Crippen LogP contribution is 2.45. The van der Waals surface area contributed by atoms with E-state index in [4.69, 9.17) is 9.47 Å². The number of anilines is 1. The molecule has 0 spiro atoms. The third-order valence-electron chi connectivity index (χ3n) is 5.51. The van der Waals surface area contributed by atoms with E-state index in [1.54, 1.807) is 25.2 Å². The molecule has 6 nitrogen and oxygen atoms in total. The van der Waals surface area contributed by atoms with Gasteiger partial charge >= 0.3 is 0 Å². The highest BCUT2D eigenvalue weighted by atomic mass is 32.2. The number of nitrogens with zero attached hydrogens (tertiary/aromatic N) is 3. The summed E-state index contributed by atoms with van der Waals surface area (Å²) in [5.74, 6) is 1.66. The van der Waals surface area contributed by atoms with Crippen LogP contribution in [-0.4, -0.2) is 37.6 Å². The van der Waals surface area contributed by atoms with Crippen molar-refractivity contribution in [2.45, 2.75) is 19.3 Å². The highest BCUT2D eigenvalue weighted by Gasteiger charge is 2.39. The number of fused-ring (bicyclic) bond motifs is 1. The Labute approximate surface area is 180 Å². The average molecular weight is 422 g/mol. The van der Waals surface area contributed by atoms with Gasteiger partial charge in [-0.3, -0.25) is 9.69 Å². The Bertz CT molecular complexity index is 1040. The molecule has 1 fully saturated rings. The van der Waals surface area contributed by atoms with Crippen molar-refractivity contribution in [2.24, 2.45) is 0 Å². The number of benzene rings is 2. The van der Waals surface area contributed by atoms with Gasteiger partial charge in [-0.1, -0.05) is 35.5 Å². The normalized spacial score (nSPS) is 18.7. The number of hydrogen-bond acceptors (Lipinski definition) is 6. The Morgan fingerprint density at radius 2 is 1.90 bits per heavy atom. The van der Waals surface area contributed by atoms with Gasteiger partial charge in [0.15, 0.2) is 0 Å². The van der Waals surface area contributed by atoms with E-state index in [1.165, 1.54) is 17.3 Å². The number of thioether (sulfide) groups is 1. The molecule has 1 amide bonds. The molecule has 2 aliphatic rings. The van der Waals surface area contributed by atoms with Crippen LogP contribution >= 0.6 is 11.8 Å². The van der Waals surface area contributed by atoms with Gasteiger partial charge in [0, 0.05) is 29.7 Å². The standard InChI is InChI=1S/C23H23N3O3S/c1-15-4-6-16(7-5-15)25-13-26-22(27)11-19(20(12-24)23(26)30-14-25)18-9-8-17(28-2)10-21(18)29-3/h4-10,19H,11,13-14H2,1-3H3/t19-/m1/s1. The van der Waals surface area contributed by atoms with Gasteiger partial charge in [-0.15, -0.1) is 0 Å². The van der Waals surface area contributed by atoms with Gasteiger partial charge in [0.25, 0.3) is 0 Å². The van der Waals surface area contributed by atoms with Crippen molar-refractivity contribution in [3.05, 3.63) is 64.2 Å². The number of hydrogen-bond donors (Lipinski definition) is 0. The zero-order valence-electron chi connectivity index (χ0n) is 17.2. The molecule has 0 radical (unpaired) electrons. The van der Waals surface area contributed by atoms with Crippen LogP contribution in [0.1, 0.15) is 23.5 Å². The minimum atomic E-state index is -0.326. The van der Waals surface area contributed by atoms with Crippen LogP contribution in [0.25, 0.3) is 0 Å². The molecule has 0 aromatic heterocycles. The van der Waals surface area contributed by atoms with Crippen LogP contribution in [0.4, 0.5) is 5.69 Å². The van der Waals surface area contributed by atoms with Gasteiger partial charge in [-0.2, -0.15) is 5.26 Å². The maximum atomic E-state index is 13.1. The number of rotatable bonds is 4. The number of nitriles is 1. The first kappa shape index (κ1) is 20.2. The molecule has 2 aromatic carbocycles. The van der Waals surface area contributed by atoms with E-state index in [0.29, 0.717) is 29.6 Å². The number of methoxy groups -OCH3 is 2. The fraction of sp³-hybridized carbons (Fsp3) is 0.304. The van der Waals surface area contributed by atoms with Crippen LogP contribution < -0.4 is 14.4 Å². The number of allylic oxidation sites excluding steroid dienone is 1. The number of ether oxygens (including phenoxy) is 2. The molecule has 154 valence electrons. The van der Waals surface area contributed by atoms with E-state index in [0.717, 1.165) is 16.3 Å². The monoisotopic (exact) mass is 421 g/mol. The number of aryl methyl sites for hydroxylation is 1. The quantitative estimate of drug-likeness (QED) is 0.736. The summed E-state index contributed by atoms with van der Waals surface area (Å²) in [6, 6.07) is 16.1. The van der Waals surface area contributed by atoms with Crippen LogP contribution in [0.5, 0.6) is 11.5 Å². The summed E-state index contributed by atoms with van der Waals surface area (Å²) in [5, 5.41) is 10.7. The Balaban J connectivity index is 1.68. The summed E-state index contributed by atoms with van der Waals surface area (Å²) in [4.78, 5) is 17.0. The van der Waals surface area contributed by atoms with Crippen molar-refractivity contribution in [3.8, 4) is 17.6 Å². The molecule has 1 atom stereocenters. The van der Waals surface area contributed by atoms with Gasteiger partial charge in [-0.25, -0.2) is 0 Å².